The summed E-state index contributed by atoms with van der Waals surface area (Å²) in [7, 11) is 1.66. The summed E-state index contributed by atoms with van der Waals surface area (Å²) in [5.41, 5.74) is 0. The number of hydroxylamine groups is 2. The van der Waals surface area contributed by atoms with Gasteiger partial charge in [-0.1, -0.05) is 0 Å². The molecule has 2 rings (SSSR count). The van der Waals surface area contributed by atoms with Gasteiger partial charge in [-0.05, 0) is 20.8 Å². The van der Waals surface area contributed by atoms with Gasteiger partial charge in [0.2, 0.25) is 0 Å². The molecule has 2 aliphatic heterocycles. The third-order valence-corrected chi connectivity index (χ3v) is 3.59. The van der Waals surface area contributed by atoms with Gasteiger partial charge in [-0.15, -0.1) is 0 Å². The summed E-state index contributed by atoms with van der Waals surface area (Å²) in [4.78, 5) is 29.1. The Morgan fingerprint density at radius 1 is 1.36 bits per heavy atom. The van der Waals surface area contributed by atoms with Crippen molar-refractivity contribution in [2.45, 2.75) is 57.8 Å². The highest BCUT2D eigenvalue weighted by atomic mass is 16.8. The van der Waals surface area contributed by atoms with E-state index >= 15 is 0 Å². The summed E-state index contributed by atoms with van der Waals surface area (Å²) < 4.78 is 21.5. The van der Waals surface area contributed by atoms with E-state index in [1.54, 1.807) is 14.0 Å². The number of ether oxygens (including phenoxy) is 4. The molecule has 0 aromatic heterocycles. The lowest BCUT2D eigenvalue weighted by Gasteiger charge is -2.24. The van der Waals surface area contributed by atoms with Gasteiger partial charge < -0.3 is 18.9 Å². The molecule has 2 heterocycles. The van der Waals surface area contributed by atoms with E-state index in [2.05, 4.69) is 0 Å². The fourth-order valence-electron chi connectivity index (χ4n) is 2.71. The number of hydrogen-bond acceptors (Lipinski definition) is 8. The summed E-state index contributed by atoms with van der Waals surface area (Å²) in [6.45, 7) is 7.04. The van der Waals surface area contributed by atoms with Crippen LogP contribution in [0.25, 0.3) is 0 Å². The molecule has 0 aromatic carbocycles. The number of likely N-dealkylation sites (N-methyl/N-ethyl adjacent to an activating group) is 1. The molecule has 0 bridgehead atoms. The first-order valence-electron chi connectivity index (χ1n) is 7.29. The molecular weight excluding hydrogens is 294 g/mol. The molecule has 2 saturated heterocycles. The predicted molar refractivity (Wildman–Crippen MR) is 73.3 cm³/mol. The maximum Gasteiger partial charge on any atom is 0.381 e. The predicted octanol–water partition coefficient (Wildman–Crippen LogP) is 0.596. The summed E-state index contributed by atoms with van der Waals surface area (Å²) in [6, 6.07) is -0.300. The Balaban J connectivity index is 2.17. The highest BCUT2D eigenvalue weighted by molar-refractivity contribution is 5.81. The third-order valence-electron chi connectivity index (χ3n) is 3.59. The van der Waals surface area contributed by atoms with Crippen LogP contribution in [0.1, 0.15) is 34.1 Å². The van der Waals surface area contributed by atoms with Crippen LogP contribution in [0.15, 0.2) is 0 Å². The molecule has 0 unspecified atom stereocenters. The van der Waals surface area contributed by atoms with Gasteiger partial charge in [-0.2, -0.15) is 5.06 Å². The molecule has 0 amide bonds. The quantitative estimate of drug-likeness (QED) is 0.697. The van der Waals surface area contributed by atoms with Crippen LogP contribution in [0.3, 0.4) is 0 Å². The number of carbonyl (C=O) groups excluding carboxylic acids is 2. The topological polar surface area (TPSA) is 83.5 Å². The van der Waals surface area contributed by atoms with Gasteiger partial charge >= 0.3 is 17.7 Å². The Kier molecular flexibility index (Phi) is 4.76. The second kappa shape index (κ2) is 6.11. The van der Waals surface area contributed by atoms with Crippen molar-refractivity contribution < 1.29 is 33.4 Å². The molecular formula is C14H23NO7. The highest BCUT2D eigenvalue weighted by Crippen LogP contribution is 2.38. The van der Waals surface area contributed by atoms with Crippen molar-refractivity contribution in [3.8, 4) is 0 Å². The van der Waals surface area contributed by atoms with Gasteiger partial charge in [0.1, 0.15) is 6.10 Å². The summed E-state index contributed by atoms with van der Waals surface area (Å²) >= 11 is 0. The van der Waals surface area contributed by atoms with E-state index in [4.69, 9.17) is 23.8 Å². The van der Waals surface area contributed by atoms with Crippen LogP contribution in [0.2, 0.25) is 0 Å². The first-order valence-corrected chi connectivity index (χ1v) is 7.29. The van der Waals surface area contributed by atoms with Gasteiger partial charge in [-0.3, -0.25) is 4.79 Å². The Morgan fingerprint density at radius 2 is 2.05 bits per heavy atom. The molecule has 22 heavy (non-hydrogen) atoms. The first-order chi connectivity index (χ1) is 10.2. The van der Waals surface area contributed by atoms with Gasteiger partial charge in [0, 0.05) is 20.4 Å². The van der Waals surface area contributed by atoms with Crippen molar-refractivity contribution in [2.24, 2.45) is 0 Å². The van der Waals surface area contributed by atoms with Crippen LogP contribution in [-0.4, -0.2) is 61.0 Å². The largest absolute Gasteiger partial charge is 0.461 e. The van der Waals surface area contributed by atoms with Crippen LogP contribution in [0.5, 0.6) is 0 Å². The first kappa shape index (κ1) is 17.1. The van der Waals surface area contributed by atoms with Crippen molar-refractivity contribution in [3.63, 3.8) is 0 Å². The second-order valence-corrected chi connectivity index (χ2v) is 5.84. The third kappa shape index (κ3) is 3.40. The minimum absolute atomic E-state index is 0.117. The molecule has 0 aliphatic carbocycles. The second-order valence-electron chi connectivity index (χ2n) is 5.84. The van der Waals surface area contributed by atoms with E-state index in [0.29, 0.717) is 6.61 Å². The average molecular weight is 317 g/mol. The lowest BCUT2D eigenvalue weighted by Crippen LogP contribution is -2.45. The van der Waals surface area contributed by atoms with Gasteiger partial charge in [0.05, 0.1) is 19.3 Å². The molecule has 0 aromatic rings. The van der Waals surface area contributed by atoms with Crippen LogP contribution >= 0.6 is 0 Å². The Morgan fingerprint density at radius 3 is 2.55 bits per heavy atom. The number of carbonyl (C=O) groups is 2. The van der Waals surface area contributed by atoms with Gasteiger partial charge in [-0.25, -0.2) is 9.63 Å². The maximum absolute atomic E-state index is 12.2. The van der Waals surface area contributed by atoms with Crippen LogP contribution in [0, 0.1) is 0 Å². The monoisotopic (exact) mass is 317 g/mol. The molecule has 8 nitrogen and oxygen atoms in total. The lowest BCUT2D eigenvalue weighted by atomic mass is 10.0. The van der Waals surface area contributed by atoms with E-state index in [9.17, 15) is 9.59 Å². The van der Waals surface area contributed by atoms with Crippen molar-refractivity contribution in [1.82, 2.24) is 5.06 Å². The number of esters is 2. The van der Waals surface area contributed by atoms with E-state index in [-0.39, 0.29) is 25.2 Å². The molecule has 8 heteroatoms. The van der Waals surface area contributed by atoms with Crippen molar-refractivity contribution in [1.29, 1.82) is 0 Å². The molecule has 126 valence electrons. The fourth-order valence-corrected chi connectivity index (χ4v) is 2.71. The normalized spacial score (nSPS) is 34.6. The molecule has 0 saturated carbocycles. The standard InChI is InChI=1S/C14H23NO7/c1-6-18-12(17)14(20-9(2)16)7-10(15(5)22-14)11-8-19-13(3,4)21-11/h10-11H,6-8H2,1-5H3/t10-,11-,14+/m1/s1. The Hall–Kier alpha value is -1.22. The Bertz CT molecular complexity index is 452. The van der Waals surface area contributed by atoms with Crippen molar-refractivity contribution >= 4 is 11.9 Å². The van der Waals surface area contributed by atoms with Crippen LogP contribution < -0.4 is 0 Å². The molecule has 0 N–H and O–H groups in total. The van der Waals surface area contributed by atoms with E-state index < -0.39 is 23.5 Å². The van der Waals surface area contributed by atoms with E-state index in [0.717, 1.165) is 0 Å². The molecule has 0 radical (unpaired) electrons. The number of rotatable bonds is 4. The summed E-state index contributed by atoms with van der Waals surface area (Å²) in [6.07, 6.45) is -0.182. The zero-order valence-electron chi connectivity index (χ0n) is 13.6. The van der Waals surface area contributed by atoms with Gasteiger partial charge in [0.15, 0.2) is 5.79 Å². The lowest BCUT2D eigenvalue weighted by molar-refractivity contribution is -0.286. The fraction of sp³-hybridized carbons (Fsp3) is 0.857. The minimum atomic E-state index is -1.77. The van der Waals surface area contributed by atoms with Crippen LogP contribution in [0.4, 0.5) is 0 Å². The number of nitrogens with zero attached hydrogens (tertiary/aromatic N) is 1. The number of hydrogen-bond donors (Lipinski definition) is 0. The van der Waals surface area contributed by atoms with E-state index in [1.807, 2.05) is 13.8 Å². The smallest absolute Gasteiger partial charge is 0.381 e. The van der Waals surface area contributed by atoms with Gasteiger partial charge in [0.25, 0.3) is 0 Å². The Labute approximate surface area is 129 Å². The van der Waals surface area contributed by atoms with Crippen molar-refractivity contribution in [2.75, 3.05) is 20.3 Å². The molecule has 3 atom stereocenters. The summed E-state index contributed by atoms with van der Waals surface area (Å²) in [5, 5.41) is 1.47. The maximum atomic E-state index is 12.2. The highest BCUT2D eigenvalue weighted by Gasteiger charge is 2.58. The van der Waals surface area contributed by atoms with Crippen molar-refractivity contribution in [3.05, 3.63) is 0 Å². The zero-order valence-corrected chi connectivity index (χ0v) is 13.6. The molecule has 0 spiro atoms. The van der Waals surface area contributed by atoms with Crippen LogP contribution in [-0.2, 0) is 33.4 Å². The zero-order chi connectivity index (χ0) is 16.5. The summed E-state index contributed by atoms with van der Waals surface area (Å²) in [5.74, 6) is -3.80. The minimum Gasteiger partial charge on any atom is -0.461 e. The average Bonchev–Trinajstić information content (AvgIpc) is 2.90. The molecule has 2 aliphatic rings. The SMILES string of the molecule is CCOC(=O)[C@]1(OC(C)=O)C[C@H]([C@H]2COC(C)(C)O2)N(C)O1. The van der Waals surface area contributed by atoms with E-state index in [1.165, 1.54) is 12.0 Å². The molecule has 2 fully saturated rings.